The van der Waals surface area contributed by atoms with Gasteiger partial charge in [0.15, 0.2) is 0 Å². The summed E-state index contributed by atoms with van der Waals surface area (Å²) in [5.74, 6) is -1.91. The Morgan fingerprint density at radius 2 is 1.81 bits per heavy atom. The molecule has 32 heavy (non-hydrogen) atoms. The summed E-state index contributed by atoms with van der Waals surface area (Å²) in [4.78, 5) is 26.7. The standard InChI is InChI=1S/C23H26FN3O4S/c1-16-9-10-18(14-21(16)32(30,31)26-11-5-2-6-12-26)25-23(29)17-13-22(28)27(15-17)20-8-4-3-7-19(20)24/h3-4,7-10,14,17H,2,5-6,11-13,15H2,1H3,(H,25,29). The highest BCUT2D eigenvalue weighted by Crippen LogP contribution is 2.29. The van der Waals surface area contributed by atoms with Crippen molar-refractivity contribution in [2.75, 3.05) is 29.9 Å². The van der Waals surface area contributed by atoms with E-state index in [2.05, 4.69) is 5.32 Å². The molecule has 2 aromatic rings. The molecule has 9 heteroatoms. The molecule has 0 radical (unpaired) electrons. The van der Waals surface area contributed by atoms with Gasteiger partial charge in [-0.1, -0.05) is 24.6 Å². The fraction of sp³-hybridized carbons (Fsp3) is 0.391. The van der Waals surface area contributed by atoms with E-state index in [4.69, 9.17) is 0 Å². The van der Waals surface area contributed by atoms with E-state index in [1.54, 1.807) is 25.1 Å². The highest BCUT2D eigenvalue weighted by molar-refractivity contribution is 7.89. The van der Waals surface area contributed by atoms with Crippen molar-refractivity contribution in [3.05, 3.63) is 53.8 Å². The lowest BCUT2D eigenvalue weighted by atomic mass is 10.1. The van der Waals surface area contributed by atoms with E-state index < -0.39 is 27.7 Å². The van der Waals surface area contributed by atoms with Crippen molar-refractivity contribution in [3.8, 4) is 0 Å². The minimum absolute atomic E-state index is 0.0367. The summed E-state index contributed by atoms with van der Waals surface area (Å²) in [5.41, 5.74) is 1.11. The van der Waals surface area contributed by atoms with Crippen LogP contribution in [0.15, 0.2) is 47.4 Å². The Balaban J connectivity index is 1.50. The summed E-state index contributed by atoms with van der Waals surface area (Å²) < 4.78 is 41.8. The fourth-order valence-electron chi connectivity index (χ4n) is 4.23. The van der Waals surface area contributed by atoms with E-state index in [1.807, 2.05) is 0 Å². The first-order chi connectivity index (χ1) is 15.3. The maximum Gasteiger partial charge on any atom is 0.243 e. The average Bonchev–Trinajstić information content (AvgIpc) is 3.17. The van der Waals surface area contributed by atoms with Crippen LogP contribution in [0.2, 0.25) is 0 Å². The molecule has 2 amide bonds. The third kappa shape index (κ3) is 4.40. The molecule has 2 aliphatic rings. The van der Waals surface area contributed by atoms with Gasteiger partial charge in [0.25, 0.3) is 0 Å². The van der Waals surface area contributed by atoms with Crippen LogP contribution in [0.1, 0.15) is 31.2 Å². The lowest BCUT2D eigenvalue weighted by molar-refractivity contribution is -0.122. The van der Waals surface area contributed by atoms with Gasteiger partial charge in [0.2, 0.25) is 21.8 Å². The Morgan fingerprint density at radius 1 is 1.09 bits per heavy atom. The number of hydrogen-bond acceptors (Lipinski definition) is 4. The molecule has 0 bridgehead atoms. The van der Waals surface area contributed by atoms with Gasteiger partial charge in [-0.25, -0.2) is 12.8 Å². The van der Waals surface area contributed by atoms with Gasteiger partial charge in [0, 0.05) is 31.7 Å². The molecule has 2 saturated heterocycles. The number of amides is 2. The van der Waals surface area contributed by atoms with Crippen LogP contribution in [0.4, 0.5) is 15.8 Å². The number of nitrogens with zero attached hydrogens (tertiary/aromatic N) is 2. The number of aryl methyl sites for hydroxylation is 1. The highest BCUT2D eigenvalue weighted by Gasteiger charge is 2.36. The van der Waals surface area contributed by atoms with E-state index in [9.17, 15) is 22.4 Å². The van der Waals surface area contributed by atoms with Crippen LogP contribution in [-0.4, -0.2) is 44.2 Å². The molecule has 0 aromatic heterocycles. The summed E-state index contributed by atoms with van der Waals surface area (Å²) in [7, 11) is -3.65. The zero-order valence-corrected chi connectivity index (χ0v) is 18.7. The predicted octanol–water partition coefficient (Wildman–Crippen LogP) is 3.30. The largest absolute Gasteiger partial charge is 0.326 e. The number of benzene rings is 2. The number of hydrogen-bond donors (Lipinski definition) is 1. The third-order valence-corrected chi connectivity index (χ3v) is 8.07. The van der Waals surface area contributed by atoms with E-state index in [-0.39, 0.29) is 29.5 Å². The molecule has 0 spiro atoms. The quantitative estimate of drug-likeness (QED) is 0.743. The molecule has 1 atom stereocenters. The SMILES string of the molecule is Cc1ccc(NC(=O)C2CC(=O)N(c3ccccc3F)C2)cc1S(=O)(=O)N1CCCCC1. The molecular weight excluding hydrogens is 433 g/mol. The van der Waals surface area contributed by atoms with Crippen LogP contribution in [0.25, 0.3) is 0 Å². The number of para-hydroxylation sites is 1. The van der Waals surface area contributed by atoms with Gasteiger partial charge in [-0.3, -0.25) is 9.59 Å². The minimum Gasteiger partial charge on any atom is -0.326 e. The summed E-state index contributed by atoms with van der Waals surface area (Å²) >= 11 is 0. The normalized spacial score (nSPS) is 19.9. The van der Waals surface area contributed by atoms with Crippen LogP contribution in [-0.2, 0) is 19.6 Å². The van der Waals surface area contributed by atoms with Crippen molar-refractivity contribution in [1.29, 1.82) is 0 Å². The summed E-state index contributed by atoms with van der Waals surface area (Å²) in [6, 6.07) is 10.7. The molecule has 2 heterocycles. The molecular formula is C23H26FN3O4S. The Hall–Kier alpha value is -2.78. The number of nitrogens with one attached hydrogen (secondary N) is 1. The molecule has 1 N–H and O–H groups in total. The zero-order chi connectivity index (χ0) is 22.9. The van der Waals surface area contributed by atoms with E-state index in [1.165, 1.54) is 33.5 Å². The van der Waals surface area contributed by atoms with Crippen molar-refractivity contribution >= 4 is 33.2 Å². The molecule has 170 valence electrons. The van der Waals surface area contributed by atoms with E-state index >= 15 is 0 Å². The summed E-state index contributed by atoms with van der Waals surface area (Å²) in [5, 5.41) is 2.74. The van der Waals surface area contributed by atoms with Crippen LogP contribution in [0.5, 0.6) is 0 Å². The number of piperidine rings is 1. The van der Waals surface area contributed by atoms with E-state index in [0.29, 0.717) is 24.3 Å². The van der Waals surface area contributed by atoms with Crippen molar-refractivity contribution in [2.45, 2.75) is 37.5 Å². The first kappa shape index (κ1) is 22.4. The first-order valence-electron chi connectivity index (χ1n) is 10.7. The number of carbonyl (C=O) groups is 2. The Bertz CT molecular complexity index is 1150. The lowest BCUT2D eigenvalue weighted by Gasteiger charge is -2.26. The summed E-state index contributed by atoms with van der Waals surface area (Å²) in [6.07, 6.45) is 2.65. The van der Waals surface area contributed by atoms with Gasteiger partial charge in [0.05, 0.1) is 16.5 Å². The molecule has 2 fully saturated rings. The van der Waals surface area contributed by atoms with Gasteiger partial charge in [-0.05, 0) is 49.6 Å². The van der Waals surface area contributed by atoms with Crippen molar-refractivity contribution in [3.63, 3.8) is 0 Å². The smallest absolute Gasteiger partial charge is 0.243 e. The predicted molar refractivity (Wildman–Crippen MR) is 119 cm³/mol. The molecule has 0 aliphatic carbocycles. The average molecular weight is 460 g/mol. The number of carbonyl (C=O) groups excluding carboxylic acids is 2. The fourth-order valence-corrected chi connectivity index (χ4v) is 6.00. The molecule has 4 rings (SSSR count). The van der Waals surface area contributed by atoms with Gasteiger partial charge in [-0.15, -0.1) is 0 Å². The Morgan fingerprint density at radius 3 is 2.53 bits per heavy atom. The van der Waals surface area contributed by atoms with Crippen LogP contribution in [0, 0.1) is 18.7 Å². The van der Waals surface area contributed by atoms with Gasteiger partial charge < -0.3 is 10.2 Å². The molecule has 7 nitrogen and oxygen atoms in total. The second-order valence-corrected chi connectivity index (χ2v) is 10.2. The van der Waals surface area contributed by atoms with Crippen LogP contribution >= 0.6 is 0 Å². The maximum atomic E-state index is 14.1. The Kier molecular flexibility index (Phi) is 6.30. The number of halogens is 1. The maximum absolute atomic E-state index is 14.1. The van der Waals surface area contributed by atoms with Crippen molar-refractivity contribution in [2.24, 2.45) is 5.92 Å². The lowest BCUT2D eigenvalue weighted by Crippen LogP contribution is -2.36. The molecule has 2 aliphatic heterocycles. The monoisotopic (exact) mass is 459 g/mol. The van der Waals surface area contributed by atoms with Crippen molar-refractivity contribution < 1.29 is 22.4 Å². The molecule has 2 aromatic carbocycles. The summed E-state index contributed by atoms with van der Waals surface area (Å²) in [6.45, 7) is 2.78. The minimum atomic E-state index is -3.65. The van der Waals surface area contributed by atoms with E-state index in [0.717, 1.165) is 19.3 Å². The molecule has 0 saturated carbocycles. The number of anilines is 2. The van der Waals surface area contributed by atoms with Crippen LogP contribution < -0.4 is 10.2 Å². The highest BCUT2D eigenvalue weighted by atomic mass is 32.2. The topological polar surface area (TPSA) is 86.8 Å². The van der Waals surface area contributed by atoms with Crippen molar-refractivity contribution in [1.82, 2.24) is 4.31 Å². The van der Waals surface area contributed by atoms with Gasteiger partial charge >= 0.3 is 0 Å². The first-order valence-corrected chi connectivity index (χ1v) is 12.2. The van der Waals surface area contributed by atoms with Gasteiger partial charge in [-0.2, -0.15) is 4.31 Å². The zero-order valence-electron chi connectivity index (χ0n) is 17.9. The number of rotatable bonds is 5. The Labute approximate surface area is 187 Å². The number of sulfonamides is 1. The second kappa shape index (κ2) is 8.99. The molecule has 1 unspecified atom stereocenters. The second-order valence-electron chi connectivity index (χ2n) is 8.29. The third-order valence-electron chi connectivity index (χ3n) is 6.03. The van der Waals surface area contributed by atoms with Crippen LogP contribution in [0.3, 0.4) is 0 Å². The van der Waals surface area contributed by atoms with Gasteiger partial charge in [0.1, 0.15) is 5.82 Å².